The molecule has 246 valence electrons. The van der Waals surface area contributed by atoms with Gasteiger partial charge in [-0.3, -0.25) is 14.5 Å². The predicted molar refractivity (Wildman–Crippen MR) is 184 cm³/mol. The lowest BCUT2D eigenvalue weighted by Gasteiger charge is -2.37. The van der Waals surface area contributed by atoms with Gasteiger partial charge >= 0.3 is 0 Å². The number of aromatic nitrogens is 1. The number of hydrogen-bond donors (Lipinski definition) is 2. The lowest BCUT2D eigenvalue weighted by atomic mass is 9.94. The van der Waals surface area contributed by atoms with E-state index in [0.29, 0.717) is 17.2 Å². The summed E-state index contributed by atoms with van der Waals surface area (Å²) in [4.78, 5) is 35.2. The van der Waals surface area contributed by atoms with Gasteiger partial charge in [-0.2, -0.15) is 0 Å². The number of nitrogens with one attached hydrogen (secondary N) is 2. The molecule has 2 N–H and O–H groups in total. The number of morpholine rings is 1. The van der Waals surface area contributed by atoms with E-state index in [9.17, 15) is 9.59 Å². The smallest absolute Gasteiger partial charge is 0.253 e. The second kappa shape index (κ2) is 15.0. The van der Waals surface area contributed by atoms with E-state index in [1.807, 2.05) is 13.0 Å². The van der Waals surface area contributed by atoms with E-state index >= 15 is 0 Å². The van der Waals surface area contributed by atoms with Crippen LogP contribution in [0, 0.1) is 13.8 Å². The second-order valence-electron chi connectivity index (χ2n) is 13.1. The number of hydrogen-bond acceptors (Lipinski definition) is 6. The van der Waals surface area contributed by atoms with Crippen LogP contribution in [-0.4, -0.2) is 67.9 Å². The lowest BCUT2D eigenvalue weighted by molar-refractivity contribution is 0.0342. The first-order valence-electron chi connectivity index (χ1n) is 17.3. The van der Waals surface area contributed by atoms with Gasteiger partial charge in [0.2, 0.25) is 0 Å². The van der Waals surface area contributed by atoms with Gasteiger partial charge in [-0.25, -0.2) is 0 Å². The molecular formula is C38H50N4O4. The summed E-state index contributed by atoms with van der Waals surface area (Å²) < 4.78 is 11.2. The Morgan fingerprint density at radius 2 is 1.63 bits per heavy atom. The molecule has 6 rings (SSSR count). The number of carbonyl (C=O) groups excluding carboxylic acids is 1. The Balaban J connectivity index is 1.32. The number of aromatic amines is 1. The summed E-state index contributed by atoms with van der Waals surface area (Å²) in [7, 11) is 0. The number of amides is 1. The van der Waals surface area contributed by atoms with E-state index in [4.69, 9.17) is 9.47 Å². The molecule has 8 nitrogen and oxygen atoms in total. The maximum atomic E-state index is 14.1. The van der Waals surface area contributed by atoms with E-state index in [1.54, 1.807) is 0 Å². The SMILES string of the molecule is CCN(c1cc(-c2ccc(CN3CCOCC3)cc2)cc(C(=O)NCc2c3c(c(C)[nH]c2=O)CCCCC3)c1C)C1CCOCC1. The molecule has 0 spiro atoms. The maximum absolute atomic E-state index is 14.1. The van der Waals surface area contributed by atoms with Gasteiger partial charge in [0.25, 0.3) is 11.5 Å². The van der Waals surface area contributed by atoms with Crippen LogP contribution in [0.3, 0.4) is 0 Å². The molecule has 2 fully saturated rings. The second-order valence-corrected chi connectivity index (χ2v) is 13.1. The van der Waals surface area contributed by atoms with Gasteiger partial charge in [-0.1, -0.05) is 30.7 Å². The summed E-state index contributed by atoms with van der Waals surface area (Å²) in [5.74, 6) is -0.144. The quantitative estimate of drug-likeness (QED) is 0.297. The number of pyridine rings is 1. The van der Waals surface area contributed by atoms with Gasteiger partial charge in [-0.15, -0.1) is 0 Å². The van der Waals surface area contributed by atoms with Crippen molar-refractivity contribution < 1.29 is 14.3 Å². The Kier molecular flexibility index (Phi) is 10.6. The highest BCUT2D eigenvalue weighted by Gasteiger charge is 2.26. The van der Waals surface area contributed by atoms with Crippen LogP contribution in [0.2, 0.25) is 0 Å². The Hall–Kier alpha value is -3.46. The fourth-order valence-corrected chi connectivity index (χ4v) is 7.58. The number of carbonyl (C=O) groups is 1. The van der Waals surface area contributed by atoms with Crippen LogP contribution in [-0.2, 0) is 35.4 Å². The Labute approximate surface area is 273 Å². The number of anilines is 1. The molecule has 8 heteroatoms. The summed E-state index contributed by atoms with van der Waals surface area (Å²) in [6.07, 6.45) is 7.18. The third kappa shape index (κ3) is 7.24. The Bertz CT molecular complexity index is 1570. The number of aryl methyl sites for hydroxylation is 1. The van der Waals surface area contributed by atoms with E-state index in [-0.39, 0.29) is 18.0 Å². The number of H-pyrrole nitrogens is 1. The van der Waals surface area contributed by atoms with Crippen molar-refractivity contribution in [2.24, 2.45) is 0 Å². The molecule has 2 saturated heterocycles. The van der Waals surface area contributed by atoms with E-state index in [0.717, 1.165) is 131 Å². The van der Waals surface area contributed by atoms with Crippen molar-refractivity contribution in [2.45, 2.75) is 84.8 Å². The fraction of sp³-hybridized carbons (Fsp3) is 0.526. The lowest BCUT2D eigenvalue weighted by Crippen LogP contribution is -2.40. The van der Waals surface area contributed by atoms with Crippen LogP contribution in [0.25, 0.3) is 11.1 Å². The van der Waals surface area contributed by atoms with Gasteiger partial charge < -0.3 is 24.7 Å². The molecule has 0 radical (unpaired) electrons. The first-order valence-corrected chi connectivity index (χ1v) is 17.3. The third-order valence-corrected chi connectivity index (χ3v) is 10.2. The topological polar surface area (TPSA) is 86.9 Å². The van der Waals surface area contributed by atoms with Gasteiger partial charge in [0, 0.05) is 74.5 Å². The highest BCUT2D eigenvalue weighted by Crippen LogP contribution is 2.34. The molecule has 1 amide bonds. The average molecular weight is 627 g/mol. The summed E-state index contributed by atoms with van der Waals surface area (Å²) in [6.45, 7) is 13.2. The third-order valence-electron chi connectivity index (χ3n) is 10.2. The number of rotatable bonds is 9. The van der Waals surface area contributed by atoms with Crippen LogP contribution in [0.4, 0.5) is 5.69 Å². The first-order chi connectivity index (χ1) is 22.4. The largest absolute Gasteiger partial charge is 0.381 e. The van der Waals surface area contributed by atoms with Crippen LogP contribution < -0.4 is 15.8 Å². The molecule has 2 aromatic carbocycles. The van der Waals surface area contributed by atoms with Crippen molar-refractivity contribution in [3.05, 3.63) is 85.8 Å². The van der Waals surface area contributed by atoms with Crippen LogP contribution in [0.5, 0.6) is 0 Å². The fourth-order valence-electron chi connectivity index (χ4n) is 7.58. The van der Waals surface area contributed by atoms with Crippen molar-refractivity contribution in [3.8, 4) is 11.1 Å². The van der Waals surface area contributed by atoms with E-state index in [1.165, 1.54) is 11.1 Å². The zero-order valence-electron chi connectivity index (χ0n) is 27.9. The zero-order chi connectivity index (χ0) is 32.0. The van der Waals surface area contributed by atoms with Crippen LogP contribution in [0.15, 0.2) is 41.2 Å². The Morgan fingerprint density at radius 1 is 0.935 bits per heavy atom. The van der Waals surface area contributed by atoms with Crippen molar-refractivity contribution in [3.63, 3.8) is 0 Å². The van der Waals surface area contributed by atoms with E-state index in [2.05, 4.69) is 64.3 Å². The molecule has 0 atom stereocenters. The minimum atomic E-state index is -0.144. The number of ether oxygens (including phenoxy) is 2. The predicted octanol–water partition coefficient (Wildman–Crippen LogP) is 5.70. The molecule has 0 unspecified atom stereocenters. The molecule has 3 heterocycles. The van der Waals surface area contributed by atoms with Gasteiger partial charge in [-0.05, 0) is 105 Å². The van der Waals surface area contributed by atoms with Crippen LogP contribution >= 0.6 is 0 Å². The molecule has 1 aromatic heterocycles. The molecule has 46 heavy (non-hydrogen) atoms. The zero-order valence-corrected chi connectivity index (χ0v) is 27.9. The molecule has 1 aliphatic carbocycles. The summed E-state index contributed by atoms with van der Waals surface area (Å²) in [5, 5.41) is 3.17. The minimum Gasteiger partial charge on any atom is -0.381 e. The monoisotopic (exact) mass is 626 g/mol. The van der Waals surface area contributed by atoms with Crippen molar-refractivity contribution in [2.75, 3.05) is 51.0 Å². The molecule has 3 aliphatic rings. The normalized spacial score (nSPS) is 17.7. The highest BCUT2D eigenvalue weighted by atomic mass is 16.5. The summed E-state index contributed by atoms with van der Waals surface area (Å²) >= 11 is 0. The molecule has 0 bridgehead atoms. The summed E-state index contributed by atoms with van der Waals surface area (Å²) in [5.41, 5.74) is 10.1. The van der Waals surface area contributed by atoms with Gasteiger partial charge in [0.05, 0.1) is 13.2 Å². The number of benzene rings is 2. The van der Waals surface area contributed by atoms with E-state index < -0.39 is 0 Å². The number of fused-ring (bicyclic) bond motifs is 1. The van der Waals surface area contributed by atoms with Crippen LogP contribution in [0.1, 0.15) is 82.9 Å². The van der Waals surface area contributed by atoms with Crippen molar-refractivity contribution in [1.29, 1.82) is 0 Å². The summed E-state index contributed by atoms with van der Waals surface area (Å²) in [6, 6.07) is 13.4. The molecule has 0 saturated carbocycles. The first kappa shape index (κ1) is 32.5. The van der Waals surface area contributed by atoms with Gasteiger partial charge in [0.15, 0.2) is 0 Å². The van der Waals surface area contributed by atoms with Crippen molar-refractivity contribution in [1.82, 2.24) is 15.2 Å². The highest BCUT2D eigenvalue weighted by molar-refractivity contribution is 5.99. The average Bonchev–Trinajstić information content (AvgIpc) is 3.34. The van der Waals surface area contributed by atoms with Gasteiger partial charge in [0.1, 0.15) is 0 Å². The Morgan fingerprint density at radius 3 is 2.35 bits per heavy atom. The maximum Gasteiger partial charge on any atom is 0.253 e. The molecular weight excluding hydrogens is 576 g/mol. The molecule has 2 aliphatic heterocycles. The minimum absolute atomic E-state index is 0.0848. The van der Waals surface area contributed by atoms with Crippen molar-refractivity contribution >= 4 is 11.6 Å². The number of nitrogens with zero attached hydrogens (tertiary/aromatic N) is 2. The molecule has 3 aromatic rings. The standard InChI is InChI=1S/C38H50N4O4/c1-4-42(31-14-18-45-19-15-31)36-23-30(29-12-10-28(11-13-29)25-41-16-20-46-21-17-41)22-34(26(36)2)37(43)39-24-35-33-9-7-5-6-8-32(33)27(3)40-38(35)44/h10-13,22-23,31H,4-9,14-21,24-25H2,1-3H3,(H,39,43)(H,40,44).